The van der Waals surface area contributed by atoms with E-state index in [1.807, 2.05) is 13.0 Å². The Labute approximate surface area is 184 Å². The number of cyclic esters (lactones) is 1. The molecule has 1 unspecified atom stereocenters. The Balaban J connectivity index is 2.44. The number of esters is 1. The van der Waals surface area contributed by atoms with Crippen molar-refractivity contribution in [2.75, 3.05) is 0 Å². The highest BCUT2D eigenvalue weighted by Gasteiger charge is 2.47. The van der Waals surface area contributed by atoms with Gasteiger partial charge in [0.25, 0.3) is 0 Å². The molecule has 2 rings (SSSR count). The second-order valence-electron chi connectivity index (χ2n) is 8.51. The molecular weight excluding hydrogens is 396 g/mol. The maximum absolute atomic E-state index is 12.8. The van der Waals surface area contributed by atoms with Crippen LogP contribution in [0.2, 0.25) is 0 Å². The Hall–Kier alpha value is -2.76. The fraction of sp³-hybridized carbons (Fsp3) is 0.520. The van der Waals surface area contributed by atoms with Gasteiger partial charge >= 0.3 is 17.7 Å². The van der Waals surface area contributed by atoms with Crippen molar-refractivity contribution in [3.63, 3.8) is 0 Å². The third kappa shape index (κ3) is 6.12. The molecule has 0 fully saturated rings. The fourth-order valence-corrected chi connectivity index (χ4v) is 3.53. The molecule has 6 heteroatoms. The maximum Gasteiger partial charge on any atom is 0.390 e. The minimum Gasteiger partial charge on any atom is -0.508 e. The van der Waals surface area contributed by atoms with E-state index in [9.17, 15) is 19.8 Å². The van der Waals surface area contributed by atoms with E-state index < -0.39 is 17.7 Å². The summed E-state index contributed by atoms with van der Waals surface area (Å²) in [5, 5.41) is 20.3. The zero-order valence-corrected chi connectivity index (χ0v) is 19.2. The van der Waals surface area contributed by atoms with Gasteiger partial charge < -0.3 is 19.7 Å². The van der Waals surface area contributed by atoms with Gasteiger partial charge in [0.2, 0.25) is 0 Å². The third-order valence-electron chi connectivity index (χ3n) is 5.41. The molecule has 1 aliphatic heterocycles. The lowest BCUT2D eigenvalue weighted by atomic mass is 9.93. The monoisotopic (exact) mass is 430 g/mol. The fourth-order valence-electron chi connectivity index (χ4n) is 3.53. The number of aryl methyl sites for hydroxylation is 1. The van der Waals surface area contributed by atoms with Gasteiger partial charge in [-0.3, -0.25) is 0 Å². The van der Waals surface area contributed by atoms with Gasteiger partial charge in [-0.05, 0) is 64.5 Å². The normalized spacial score (nSPS) is 18.1. The highest BCUT2D eigenvalue weighted by atomic mass is 16.7. The number of aromatic hydroxyl groups is 1. The summed E-state index contributed by atoms with van der Waals surface area (Å²) in [6.45, 7) is 9.40. The summed E-state index contributed by atoms with van der Waals surface area (Å²) in [7, 11) is 0. The molecule has 0 aromatic heterocycles. The van der Waals surface area contributed by atoms with Gasteiger partial charge in [-0.25, -0.2) is 9.59 Å². The lowest BCUT2D eigenvalue weighted by molar-refractivity contribution is -0.192. The van der Waals surface area contributed by atoms with Crippen LogP contribution in [0.3, 0.4) is 0 Å². The van der Waals surface area contributed by atoms with E-state index >= 15 is 0 Å². The largest absolute Gasteiger partial charge is 0.508 e. The molecular formula is C25H34O6. The van der Waals surface area contributed by atoms with Crippen LogP contribution < -0.4 is 4.74 Å². The first-order valence-corrected chi connectivity index (χ1v) is 10.9. The molecule has 6 nitrogen and oxygen atoms in total. The van der Waals surface area contributed by atoms with E-state index in [2.05, 4.69) is 26.8 Å². The summed E-state index contributed by atoms with van der Waals surface area (Å²) in [5.74, 6) is -4.15. The molecule has 1 aliphatic rings. The predicted molar refractivity (Wildman–Crippen MR) is 120 cm³/mol. The van der Waals surface area contributed by atoms with Crippen LogP contribution >= 0.6 is 0 Å². The Morgan fingerprint density at radius 1 is 1.16 bits per heavy atom. The molecule has 1 atom stereocenters. The highest BCUT2D eigenvalue weighted by Crippen LogP contribution is 2.42. The van der Waals surface area contributed by atoms with Crippen LogP contribution in [0, 0.1) is 0 Å². The average Bonchev–Trinajstić information content (AvgIpc) is 2.66. The quantitative estimate of drug-likeness (QED) is 0.281. The van der Waals surface area contributed by atoms with E-state index in [0.29, 0.717) is 24.0 Å². The number of carboxylic acids is 1. The van der Waals surface area contributed by atoms with Crippen molar-refractivity contribution in [1.29, 1.82) is 0 Å². The Bertz CT molecular complexity index is 892. The second kappa shape index (κ2) is 10.5. The molecule has 0 saturated heterocycles. The van der Waals surface area contributed by atoms with Crippen molar-refractivity contribution < 1.29 is 29.3 Å². The van der Waals surface area contributed by atoms with E-state index in [-0.39, 0.29) is 17.1 Å². The number of phenols is 1. The molecule has 1 aromatic carbocycles. The van der Waals surface area contributed by atoms with Crippen molar-refractivity contribution in [2.45, 2.75) is 85.4 Å². The molecule has 2 N–H and O–H groups in total. The molecule has 0 amide bonds. The number of unbranched alkanes of at least 4 members (excludes halogenated alkanes) is 2. The Morgan fingerprint density at radius 3 is 2.48 bits per heavy atom. The van der Waals surface area contributed by atoms with Gasteiger partial charge in [-0.1, -0.05) is 43.1 Å². The van der Waals surface area contributed by atoms with E-state index in [0.717, 1.165) is 37.7 Å². The molecule has 0 bridgehead atoms. The van der Waals surface area contributed by atoms with Gasteiger partial charge in [-0.15, -0.1) is 0 Å². The first-order chi connectivity index (χ1) is 14.6. The van der Waals surface area contributed by atoms with E-state index in [1.165, 1.54) is 12.5 Å². The van der Waals surface area contributed by atoms with E-state index in [4.69, 9.17) is 9.47 Å². The lowest BCUT2D eigenvalue weighted by Crippen LogP contribution is -2.49. The van der Waals surface area contributed by atoms with Crippen molar-refractivity contribution in [1.82, 2.24) is 0 Å². The molecule has 0 radical (unpaired) electrons. The zero-order valence-electron chi connectivity index (χ0n) is 19.2. The minimum atomic E-state index is -2.13. The second-order valence-corrected chi connectivity index (χ2v) is 8.51. The van der Waals surface area contributed by atoms with Gasteiger partial charge in [0, 0.05) is 12.5 Å². The number of benzene rings is 1. The van der Waals surface area contributed by atoms with Gasteiger partial charge in [0.15, 0.2) is 0 Å². The number of aliphatic carboxylic acids is 1. The molecule has 0 saturated carbocycles. The predicted octanol–water partition coefficient (Wildman–Crippen LogP) is 5.71. The summed E-state index contributed by atoms with van der Waals surface area (Å²) in [5.41, 5.74) is 3.64. The van der Waals surface area contributed by atoms with Crippen LogP contribution in [0.25, 0.3) is 0 Å². The number of phenolic OH excluding ortho intramolecular Hbond substituents is 1. The smallest absolute Gasteiger partial charge is 0.390 e. The molecule has 31 heavy (non-hydrogen) atoms. The van der Waals surface area contributed by atoms with Gasteiger partial charge in [0.05, 0.1) is 0 Å². The topological polar surface area (TPSA) is 93.1 Å². The lowest BCUT2D eigenvalue weighted by Gasteiger charge is -2.33. The standard InChI is InChI=1S/C25H34O6/c1-6-7-8-12-18-15-20(26)19(14-13-17(4)11-9-10-16(2)3)22-21(18)23(27)31-25(5,30-22)24(28)29/h10,13,15,26H,6-9,11-12,14H2,1-5H3,(H,28,29)/b17-13+. The minimum absolute atomic E-state index is 0.000959. The first-order valence-electron chi connectivity index (χ1n) is 10.9. The van der Waals surface area contributed by atoms with Gasteiger partial charge in [0.1, 0.15) is 17.1 Å². The van der Waals surface area contributed by atoms with Crippen molar-refractivity contribution >= 4 is 11.9 Å². The number of hydrogen-bond acceptors (Lipinski definition) is 5. The first kappa shape index (κ1) is 24.5. The zero-order chi connectivity index (χ0) is 23.2. The van der Waals surface area contributed by atoms with Crippen molar-refractivity contribution in [3.8, 4) is 11.5 Å². The number of carbonyl (C=O) groups excluding carboxylic acids is 1. The Kier molecular flexibility index (Phi) is 8.31. The third-order valence-corrected chi connectivity index (χ3v) is 5.41. The number of ether oxygens (including phenoxy) is 2. The number of carbonyl (C=O) groups is 2. The van der Waals surface area contributed by atoms with E-state index in [1.54, 1.807) is 6.07 Å². The molecule has 1 aromatic rings. The van der Waals surface area contributed by atoms with Crippen LogP contribution in [0.1, 0.15) is 88.2 Å². The van der Waals surface area contributed by atoms with Crippen LogP contribution in [0.15, 0.2) is 29.4 Å². The Morgan fingerprint density at radius 2 is 1.87 bits per heavy atom. The van der Waals surface area contributed by atoms with Crippen LogP contribution in [-0.2, 0) is 22.4 Å². The van der Waals surface area contributed by atoms with Gasteiger partial charge in [-0.2, -0.15) is 0 Å². The molecule has 0 spiro atoms. The molecule has 0 aliphatic carbocycles. The van der Waals surface area contributed by atoms with Crippen LogP contribution in [-0.4, -0.2) is 27.9 Å². The maximum atomic E-state index is 12.8. The van der Waals surface area contributed by atoms with Crippen LogP contribution in [0.5, 0.6) is 11.5 Å². The SMILES string of the molecule is CCCCCc1cc(O)c(C/C=C(\C)CCC=C(C)C)c2c1C(=O)OC(C)(C(=O)O)O2. The average molecular weight is 431 g/mol. The number of rotatable bonds is 10. The number of hydrogen-bond donors (Lipinski definition) is 2. The number of fused-ring (bicyclic) bond motifs is 1. The van der Waals surface area contributed by atoms with Crippen molar-refractivity contribution in [2.24, 2.45) is 0 Å². The number of allylic oxidation sites excluding steroid dienone is 4. The van der Waals surface area contributed by atoms with Crippen molar-refractivity contribution in [3.05, 3.63) is 46.1 Å². The summed E-state index contributed by atoms with van der Waals surface area (Å²) < 4.78 is 10.9. The highest BCUT2D eigenvalue weighted by molar-refractivity contribution is 5.98. The summed E-state index contributed by atoms with van der Waals surface area (Å²) in [6, 6.07) is 1.59. The summed E-state index contributed by atoms with van der Waals surface area (Å²) in [6.07, 6.45) is 9.68. The molecule has 1 heterocycles. The number of carboxylic acid groups (broad SMARTS) is 1. The van der Waals surface area contributed by atoms with Crippen LogP contribution in [0.4, 0.5) is 0 Å². The molecule has 170 valence electrons. The summed E-state index contributed by atoms with van der Waals surface area (Å²) >= 11 is 0. The summed E-state index contributed by atoms with van der Waals surface area (Å²) in [4.78, 5) is 24.5.